The van der Waals surface area contributed by atoms with E-state index < -0.39 is 0 Å². The number of hydrogen-bond acceptors (Lipinski definition) is 3. The molecule has 1 rings (SSSR count). The van der Waals surface area contributed by atoms with Gasteiger partial charge in [-0.25, -0.2) is 0 Å². The van der Waals surface area contributed by atoms with Gasteiger partial charge in [-0.1, -0.05) is 20.8 Å². The molecule has 0 aliphatic heterocycles. The van der Waals surface area contributed by atoms with Gasteiger partial charge in [-0.05, 0) is 31.1 Å². The van der Waals surface area contributed by atoms with Crippen LogP contribution in [0.1, 0.15) is 26.3 Å². The molecule has 1 aromatic heterocycles. The first kappa shape index (κ1) is 14.0. The van der Waals surface area contributed by atoms with Gasteiger partial charge in [0.25, 0.3) is 0 Å². The smallest absolute Gasteiger partial charge is 0.0553 e. The van der Waals surface area contributed by atoms with E-state index in [0.29, 0.717) is 0 Å². The second-order valence-corrected chi connectivity index (χ2v) is 5.91. The van der Waals surface area contributed by atoms with Gasteiger partial charge >= 0.3 is 0 Å². The van der Waals surface area contributed by atoms with Gasteiger partial charge in [-0.3, -0.25) is 4.98 Å². The molecular weight excluding hydrogens is 210 g/mol. The Labute approximate surface area is 105 Å². The lowest BCUT2D eigenvalue weighted by Crippen LogP contribution is -2.28. The zero-order valence-corrected chi connectivity index (χ0v) is 12.0. The standard InChI is InChI=1S/C14H25N3/c1-14(2,3)12-9-13(11-15-10-12)17(6)8-7-16(4)5/h9-11H,7-8H2,1-6H3. The minimum Gasteiger partial charge on any atom is -0.372 e. The average Bonchev–Trinajstić information content (AvgIpc) is 2.25. The van der Waals surface area contributed by atoms with Crippen molar-refractivity contribution in [3.05, 3.63) is 24.0 Å². The number of nitrogens with zero attached hydrogens (tertiary/aromatic N) is 3. The van der Waals surface area contributed by atoms with Gasteiger partial charge in [0.05, 0.1) is 11.9 Å². The normalized spacial score (nSPS) is 11.9. The van der Waals surface area contributed by atoms with E-state index in [1.807, 2.05) is 12.4 Å². The van der Waals surface area contributed by atoms with E-state index in [1.165, 1.54) is 11.3 Å². The molecule has 0 aliphatic rings. The van der Waals surface area contributed by atoms with Crippen molar-refractivity contribution in [2.24, 2.45) is 0 Å². The third-order valence-electron chi connectivity index (χ3n) is 2.91. The molecule has 3 heteroatoms. The molecule has 0 atom stereocenters. The van der Waals surface area contributed by atoms with Crippen LogP contribution >= 0.6 is 0 Å². The second kappa shape index (κ2) is 5.50. The van der Waals surface area contributed by atoms with Crippen molar-refractivity contribution in [3.63, 3.8) is 0 Å². The highest BCUT2D eigenvalue weighted by molar-refractivity contribution is 5.46. The first-order valence-electron chi connectivity index (χ1n) is 6.12. The molecule has 0 unspecified atom stereocenters. The summed E-state index contributed by atoms with van der Waals surface area (Å²) in [5.41, 5.74) is 2.64. The van der Waals surface area contributed by atoms with Gasteiger partial charge in [-0.15, -0.1) is 0 Å². The molecule has 0 radical (unpaired) electrons. The van der Waals surface area contributed by atoms with Crippen LogP contribution in [0.15, 0.2) is 18.5 Å². The molecule has 0 bridgehead atoms. The molecule has 0 aliphatic carbocycles. The van der Waals surface area contributed by atoms with Crippen LogP contribution in [0.2, 0.25) is 0 Å². The molecule has 96 valence electrons. The lowest BCUT2D eigenvalue weighted by Gasteiger charge is -2.24. The highest BCUT2D eigenvalue weighted by Crippen LogP contribution is 2.24. The largest absolute Gasteiger partial charge is 0.372 e. The van der Waals surface area contributed by atoms with Crippen LogP contribution in [-0.4, -0.2) is 44.1 Å². The second-order valence-electron chi connectivity index (χ2n) is 5.91. The van der Waals surface area contributed by atoms with Gasteiger partial charge in [0.15, 0.2) is 0 Å². The van der Waals surface area contributed by atoms with Crippen molar-refractivity contribution in [2.45, 2.75) is 26.2 Å². The Kier molecular flexibility index (Phi) is 4.52. The molecule has 0 fully saturated rings. The van der Waals surface area contributed by atoms with Gasteiger partial charge in [-0.2, -0.15) is 0 Å². The van der Waals surface area contributed by atoms with Gasteiger partial charge in [0.1, 0.15) is 0 Å². The van der Waals surface area contributed by atoms with Crippen LogP contribution in [0.4, 0.5) is 5.69 Å². The SMILES string of the molecule is CN(C)CCN(C)c1cncc(C(C)(C)C)c1. The molecule has 0 saturated carbocycles. The number of hydrogen-bond donors (Lipinski definition) is 0. The van der Waals surface area contributed by atoms with E-state index in [1.54, 1.807) is 0 Å². The summed E-state index contributed by atoms with van der Waals surface area (Å²) in [5.74, 6) is 0. The molecule has 0 aromatic carbocycles. The van der Waals surface area contributed by atoms with Crippen LogP contribution in [0.25, 0.3) is 0 Å². The molecule has 3 nitrogen and oxygen atoms in total. The van der Waals surface area contributed by atoms with Crippen molar-refractivity contribution in [1.82, 2.24) is 9.88 Å². The summed E-state index contributed by atoms with van der Waals surface area (Å²) in [6.45, 7) is 8.72. The topological polar surface area (TPSA) is 19.4 Å². The number of aromatic nitrogens is 1. The molecule has 0 saturated heterocycles. The molecule has 0 N–H and O–H groups in total. The summed E-state index contributed by atoms with van der Waals surface area (Å²) < 4.78 is 0. The average molecular weight is 235 g/mol. The summed E-state index contributed by atoms with van der Waals surface area (Å²) in [6.07, 6.45) is 3.90. The number of pyridine rings is 1. The molecule has 1 aromatic rings. The van der Waals surface area contributed by atoms with E-state index in [-0.39, 0.29) is 5.41 Å². The van der Waals surface area contributed by atoms with E-state index in [9.17, 15) is 0 Å². The summed E-state index contributed by atoms with van der Waals surface area (Å²) >= 11 is 0. The van der Waals surface area contributed by atoms with Crippen LogP contribution in [-0.2, 0) is 5.41 Å². The van der Waals surface area contributed by atoms with E-state index in [2.05, 4.69) is 62.8 Å². The van der Waals surface area contributed by atoms with Crippen molar-refractivity contribution >= 4 is 5.69 Å². The first-order valence-corrected chi connectivity index (χ1v) is 6.12. The maximum absolute atomic E-state index is 4.34. The van der Waals surface area contributed by atoms with Crippen LogP contribution < -0.4 is 4.90 Å². The lowest BCUT2D eigenvalue weighted by atomic mass is 9.88. The van der Waals surface area contributed by atoms with Crippen molar-refractivity contribution in [1.29, 1.82) is 0 Å². The maximum atomic E-state index is 4.34. The van der Waals surface area contributed by atoms with E-state index in [0.717, 1.165) is 13.1 Å². The Morgan fingerprint density at radius 2 is 1.71 bits per heavy atom. The predicted octanol–water partition coefficient (Wildman–Crippen LogP) is 2.38. The van der Waals surface area contributed by atoms with Gasteiger partial charge < -0.3 is 9.80 Å². The summed E-state index contributed by atoms with van der Waals surface area (Å²) in [7, 11) is 6.31. The van der Waals surface area contributed by atoms with Gasteiger partial charge in [0.2, 0.25) is 0 Å². The molecule has 17 heavy (non-hydrogen) atoms. The minimum atomic E-state index is 0.158. The van der Waals surface area contributed by atoms with Crippen LogP contribution in [0, 0.1) is 0 Å². The molecule has 1 heterocycles. The fourth-order valence-electron chi connectivity index (χ4n) is 1.53. The van der Waals surface area contributed by atoms with Crippen molar-refractivity contribution < 1.29 is 0 Å². The lowest BCUT2D eigenvalue weighted by molar-refractivity contribution is 0.416. The fourth-order valence-corrected chi connectivity index (χ4v) is 1.53. The van der Waals surface area contributed by atoms with Crippen LogP contribution in [0.5, 0.6) is 0 Å². The number of rotatable bonds is 4. The first-order chi connectivity index (χ1) is 7.80. The third kappa shape index (κ3) is 4.35. The monoisotopic (exact) mass is 235 g/mol. The Balaban J connectivity index is 2.77. The summed E-state index contributed by atoms with van der Waals surface area (Å²) in [5, 5.41) is 0. The molecule has 0 amide bonds. The maximum Gasteiger partial charge on any atom is 0.0553 e. The Hall–Kier alpha value is -1.09. The Morgan fingerprint density at radius 1 is 1.06 bits per heavy atom. The molecule has 0 spiro atoms. The minimum absolute atomic E-state index is 0.158. The molecular formula is C14H25N3. The third-order valence-corrected chi connectivity index (χ3v) is 2.91. The number of likely N-dealkylation sites (N-methyl/N-ethyl adjacent to an activating group) is 2. The predicted molar refractivity (Wildman–Crippen MR) is 74.8 cm³/mol. The van der Waals surface area contributed by atoms with Crippen molar-refractivity contribution in [3.8, 4) is 0 Å². The zero-order valence-electron chi connectivity index (χ0n) is 12.0. The van der Waals surface area contributed by atoms with Crippen molar-refractivity contribution in [2.75, 3.05) is 39.1 Å². The highest BCUT2D eigenvalue weighted by atomic mass is 15.2. The Bertz CT molecular complexity index is 353. The Morgan fingerprint density at radius 3 is 2.24 bits per heavy atom. The fraction of sp³-hybridized carbons (Fsp3) is 0.643. The summed E-state index contributed by atoms with van der Waals surface area (Å²) in [4.78, 5) is 8.79. The van der Waals surface area contributed by atoms with E-state index >= 15 is 0 Å². The van der Waals surface area contributed by atoms with Crippen LogP contribution in [0.3, 0.4) is 0 Å². The summed E-state index contributed by atoms with van der Waals surface area (Å²) in [6, 6.07) is 2.24. The zero-order chi connectivity index (χ0) is 13.1. The van der Waals surface area contributed by atoms with Gasteiger partial charge in [0, 0.05) is 26.3 Å². The number of anilines is 1. The quantitative estimate of drug-likeness (QED) is 0.799. The highest BCUT2D eigenvalue weighted by Gasteiger charge is 2.15. The van der Waals surface area contributed by atoms with E-state index in [4.69, 9.17) is 0 Å².